The highest BCUT2D eigenvalue weighted by molar-refractivity contribution is 7.89. The van der Waals surface area contributed by atoms with E-state index in [-0.39, 0.29) is 11.9 Å². The first-order chi connectivity index (χ1) is 11.9. The molecule has 0 spiro atoms. The number of hydrogen-bond acceptors (Lipinski definition) is 4. The third-order valence-electron chi connectivity index (χ3n) is 4.53. The minimum Gasteiger partial charge on any atom is -0.352 e. The summed E-state index contributed by atoms with van der Waals surface area (Å²) in [6.45, 7) is 3.47. The second kappa shape index (κ2) is 9.31. The maximum atomic E-state index is 12.7. The molecule has 0 unspecified atom stereocenters. The molecular formula is C18H29N3O3S. The van der Waals surface area contributed by atoms with Crippen molar-refractivity contribution in [2.75, 3.05) is 19.6 Å². The summed E-state index contributed by atoms with van der Waals surface area (Å²) < 4.78 is 27.0. The van der Waals surface area contributed by atoms with E-state index in [1.54, 1.807) is 28.6 Å². The average Bonchev–Trinajstić information content (AvgIpc) is 2.90. The van der Waals surface area contributed by atoms with Crippen molar-refractivity contribution in [2.24, 2.45) is 5.73 Å². The van der Waals surface area contributed by atoms with Gasteiger partial charge in [-0.3, -0.25) is 4.79 Å². The Bertz CT molecular complexity index is 651. The lowest BCUT2D eigenvalue weighted by Gasteiger charge is -2.20. The van der Waals surface area contributed by atoms with Gasteiger partial charge in [-0.05, 0) is 43.9 Å². The molecule has 6 nitrogen and oxygen atoms in total. The molecule has 0 saturated carbocycles. The highest BCUT2D eigenvalue weighted by Gasteiger charge is 2.24. The Balaban J connectivity index is 1.95. The van der Waals surface area contributed by atoms with E-state index in [2.05, 4.69) is 5.32 Å². The molecular weight excluding hydrogens is 338 g/mol. The van der Waals surface area contributed by atoms with Crippen molar-refractivity contribution >= 4 is 15.9 Å². The Morgan fingerprint density at radius 2 is 1.76 bits per heavy atom. The first-order valence-corrected chi connectivity index (χ1v) is 10.5. The van der Waals surface area contributed by atoms with Gasteiger partial charge in [-0.25, -0.2) is 8.42 Å². The van der Waals surface area contributed by atoms with Gasteiger partial charge in [0.1, 0.15) is 0 Å². The maximum absolute atomic E-state index is 12.7. The van der Waals surface area contributed by atoms with Crippen molar-refractivity contribution in [3.8, 4) is 0 Å². The summed E-state index contributed by atoms with van der Waals surface area (Å²) in [5.74, 6) is -0.0424. The molecule has 1 fully saturated rings. The predicted octanol–water partition coefficient (Wildman–Crippen LogP) is 1.65. The fraction of sp³-hybridized carbons (Fsp3) is 0.611. The zero-order valence-electron chi connectivity index (χ0n) is 14.9. The third kappa shape index (κ3) is 5.80. The predicted molar refractivity (Wildman–Crippen MR) is 98.6 cm³/mol. The lowest BCUT2D eigenvalue weighted by atomic mass is 10.1. The van der Waals surface area contributed by atoms with Crippen LogP contribution in [0.5, 0.6) is 0 Å². The summed E-state index contributed by atoms with van der Waals surface area (Å²) in [7, 11) is -3.41. The Hall–Kier alpha value is -1.44. The molecule has 25 heavy (non-hydrogen) atoms. The van der Waals surface area contributed by atoms with Crippen molar-refractivity contribution in [1.82, 2.24) is 9.62 Å². The van der Waals surface area contributed by atoms with Crippen LogP contribution in [-0.4, -0.2) is 44.3 Å². The van der Waals surface area contributed by atoms with Crippen molar-refractivity contribution in [3.05, 3.63) is 29.8 Å². The minimum absolute atomic E-state index is 0.0337. The number of carbonyl (C=O) groups is 1. The SMILES string of the molecule is C[C@@H](CN)NC(=O)CCc1ccc(S(=O)(=O)N2CCCCCC2)cc1. The van der Waals surface area contributed by atoms with Crippen LogP contribution in [0.3, 0.4) is 0 Å². The van der Waals surface area contributed by atoms with Gasteiger partial charge in [0.25, 0.3) is 0 Å². The summed E-state index contributed by atoms with van der Waals surface area (Å²) in [6.07, 6.45) is 4.97. The first-order valence-electron chi connectivity index (χ1n) is 9.02. The van der Waals surface area contributed by atoms with Crippen LogP contribution in [0.25, 0.3) is 0 Å². The van der Waals surface area contributed by atoms with E-state index in [9.17, 15) is 13.2 Å². The number of hydrogen-bond donors (Lipinski definition) is 2. The molecule has 0 radical (unpaired) electrons. The number of aryl methyl sites for hydroxylation is 1. The van der Waals surface area contributed by atoms with Gasteiger partial charge in [-0.1, -0.05) is 25.0 Å². The highest BCUT2D eigenvalue weighted by Crippen LogP contribution is 2.21. The van der Waals surface area contributed by atoms with E-state index < -0.39 is 10.0 Å². The molecule has 1 saturated heterocycles. The van der Waals surface area contributed by atoms with Crippen molar-refractivity contribution in [1.29, 1.82) is 0 Å². The molecule has 1 amide bonds. The van der Waals surface area contributed by atoms with E-state index in [1.807, 2.05) is 6.92 Å². The van der Waals surface area contributed by atoms with Gasteiger partial charge in [0.2, 0.25) is 15.9 Å². The van der Waals surface area contributed by atoms with Crippen LogP contribution in [0.15, 0.2) is 29.2 Å². The molecule has 7 heteroatoms. The molecule has 1 aromatic carbocycles. The molecule has 0 aliphatic carbocycles. The summed E-state index contributed by atoms with van der Waals surface area (Å²) >= 11 is 0. The Morgan fingerprint density at radius 1 is 1.16 bits per heavy atom. The number of carbonyl (C=O) groups excluding carboxylic acids is 1. The number of amides is 1. The molecule has 3 N–H and O–H groups in total. The average molecular weight is 368 g/mol. The van der Waals surface area contributed by atoms with Gasteiger partial charge in [0, 0.05) is 32.1 Å². The molecule has 0 bridgehead atoms. The van der Waals surface area contributed by atoms with E-state index in [0.29, 0.717) is 37.4 Å². The number of rotatable bonds is 7. The van der Waals surface area contributed by atoms with E-state index in [1.165, 1.54) is 0 Å². The standard InChI is InChI=1S/C18H29N3O3S/c1-15(14-19)20-18(22)11-8-16-6-9-17(10-7-16)25(23,24)21-12-4-2-3-5-13-21/h6-7,9-10,15H,2-5,8,11-14,19H2,1H3,(H,20,22)/t15-/m0/s1. The summed E-state index contributed by atoms with van der Waals surface area (Å²) in [5.41, 5.74) is 6.43. The van der Waals surface area contributed by atoms with Gasteiger partial charge < -0.3 is 11.1 Å². The van der Waals surface area contributed by atoms with Crippen molar-refractivity contribution in [3.63, 3.8) is 0 Å². The largest absolute Gasteiger partial charge is 0.352 e. The van der Waals surface area contributed by atoms with E-state index in [0.717, 1.165) is 31.2 Å². The molecule has 1 aromatic rings. The Labute approximate surface area is 150 Å². The van der Waals surface area contributed by atoms with Crippen LogP contribution < -0.4 is 11.1 Å². The number of nitrogens with two attached hydrogens (primary N) is 1. The zero-order valence-corrected chi connectivity index (χ0v) is 15.7. The van der Waals surface area contributed by atoms with E-state index >= 15 is 0 Å². The quantitative estimate of drug-likeness (QED) is 0.766. The fourth-order valence-corrected chi connectivity index (χ4v) is 4.44. The van der Waals surface area contributed by atoms with Crippen LogP contribution in [-0.2, 0) is 21.2 Å². The minimum atomic E-state index is -3.41. The zero-order chi connectivity index (χ0) is 18.3. The number of nitrogens with zero attached hydrogens (tertiary/aromatic N) is 1. The molecule has 1 aliphatic heterocycles. The van der Waals surface area contributed by atoms with Crippen LogP contribution >= 0.6 is 0 Å². The second-order valence-corrected chi connectivity index (χ2v) is 8.60. The first kappa shape index (κ1) is 19.9. The fourth-order valence-electron chi connectivity index (χ4n) is 2.92. The molecule has 140 valence electrons. The second-order valence-electron chi connectivity index (χ2n) is 6.67. The van der Waals surface area contributed by atoms with Gasteiger partial charge in [-0.15, -0.1) is 0 Å². The summed E-state index contributed by atoms with van der Waals surface area (Å²) in [6, 6.07) is 6.86. The molecule has 0 aromatic heterocycles. The molecule has 2 rings (SSSR count). The van der Waals surface area contributed by atoms with Gasteiger partial charge in [0.15, 0.2) is 0 Å². The van der Waals surface area contributed by atoms with Gasteiger partial charge >= 0.3 is 0 Å². The summed E-state index contributed by atoms with van der Waals surface area (Å²) in [4.78, 5) is 12.1. The lowest BCUT2D eigenvalue weighted by molar-refractivity contribution is -0.121. The van der Waals surface area contributed by atoms with Crippen LogP contribution in [0.2, 0.25) is 0 Å². The monoisotopic (exact) mass is 367 g/mol. The number of sulfonamides is 1. The smallest absolute Gasteiger partial charge is 0.243 e. The number of nitrogens with one attached hydrogen (secondary N) is 1. The van der Waals surface area contributed by atoms with Crippen molar-refractivity contribution < 1.29 is 13.2 Å². The highest BCUT2D eigenvalue weighted by atomic mass is 32.2. The normalized spacial score (nSPS) is 17.7. The lowest BCUT2D eigenvalue weighted by Crippen LogP contribution is -2.37. The van der Waals surface area contributed by atoms with Crippen LogP contribution in [0.1, 0.15) is 44.6 Å². The van der Waals surface area contributed by atoms with Crippen LogP contribution in [0, 0.1) is 0 Å². The van der Waals surface area contributed by atoms with Gasteiger partial charge in [-0.2, -0.15) is 4.31 Å². The topological polar surface area (TPSA) is 92.5 Å². The van der Waals surface area contributed by atoms with E-state index in [4.69, 9.17) is 5.73 Å². The molecule has 1 atom stereocenters. The Kier molecular flexibility index (Phi) is 7.40. The third-order valence-corrected chi connectivity index (χ3v) is 6.44. The van der Waals surface area contributed by atoms with Gasteiger partial charge in [0.05, 0.1) is 4.90 Å². The molecule has 1 aliphatic rings. The van der Waals surface area contributed by atoms with Crippen LogP contribution in [0.4, 0.5) is 0 Å². The van der Waals surface area contributed by atoms with Crippen molar-refractivity contribution in [2.45, 2.75) is 56.4 Å². The number of benzene rings is 1. The Morgan fingerprint density at radius 3 is 2.32 bits per heavy atom. The molecule has 1 heterocycles. The maximum Gasteiger partial charge on any atom is 0.243 e. The summed E-state index contributed by atoms with van der Waals surface area (Å²) in [5, 5.41) is 2.82.